The Morgan fingerprint density at radius 1 is 0.795 bits per heavy atom. The zero-order chi connectivity index (χ0) is 28.1. The van der Waals surface area contributed by atoms with Gasteiger partial charge in [-0.1, -0.05) is 5.57 Å². The molecule has 0 aromatic heterocycles. The van der Waals surface area contributed by atoms with E-state index in [0.717, 1.165) is 0 Å². The largest absolute Gasteiger partial charge is 0.507 e. The summed E-state index contributed by atoms with van der Waals surface area (Å²) in [6, 6.07) is 2.88. The zero-order valence-corrected chi connectivity index (χ0v) is 22.1. The van der Waals surface area contributed by atoms with Gasteiger partial charge in [0.15, 0.2) is 23.0 Å². The van der Waals surface area contributed by atoms with Crippen molar-refractivity contribution >= 4 is 60.8 Å². The molecule has 0 atom stereocenters. The predicted octanol–water partition coefficient (Wildman–Crippen LogP) is 4.20. The van der Waals surface area contributed by atoms with Crippen LogP contribution in [0.2, 0.25) is 0 Å². The molecule has 4 aromatic carbocycles. The molecular formula is C30H24O9. The molecule has 2 aliphatic rings. The monoisotopic (exact) mass is 528 g/mol. The van der Waals surface area contributed by atoms with Gasteiger partial charge in [-0.3, -0.25) is 14.4 Å². The third-order valence-electron chi connectivity index (χ3n) is 7.79. The number of rotatable bonds is 5. The molecule has 39 heavy (non-hydrogen) atoms. The first kappa shape index (κ1) is 24.5. The first-order valence-electron chi connectivity index (χ1n) is 12.1. The van der Waals surface area contributed by atoms with Crippen molar-refractivity contribution in [2.24, 2.45) is 0 Å². The van der Waals surface area contributed by atoms with Crippen LogP contribution >= 0.6 is 0 Å². The van der Waals surface area contributed by atoms with Crippen molar-refractivity contribution < 1.29 is 43.5 Å². The number of phenols is 2. The van der Waals surface area contributed by atoms with Crippen molar-refractivity contribution in [2.75, 3.05) is 28.4 Å². The Balaban J connectivity index is 2.15. The Bertz CT molecular complexity index is 1960. The second-order valence-electron chi connectivity index (χ2n) is 9.66. The first-order chi connectivity index (χ1) is 18.6. The van der Waals surface area contributed by atoms with E-state index in [1.807, 2.05) is 0 Å². The van der Waals surface area contributed by atoms with E-state index in [1.165, 1.54) is 47.5 Å². The van der Waals surface area contributed by atoms with E-state index in [-0.39, 0.29) is 68.6 Å². The number of carbonyl (C=O) groups is 3. The third kappa shape index (κ3) is 2.81. The highest BCUT2D eigenvalue weighted by Crippen LogP contribution is 2.55. The van der Waals surface area contributed by atoms with Gasteiger partial charge in [-0.2, -0.15) is 0 Å². The number of hydrogen-bond donors (Lipinski definition) is 2. The molecule has 4 aromatic rings. The summed E-state index contributed by atoms with van der Waals surface area (Å²) in [6.45, 7) is 3.18. The van der Waals surface area contributed by atoms with E-state index in [1.54, 1.807) is 6.92 Å². The van der Waals surface area contributed by atoms with E-state index < -0.39 is 11.6 Å². The van der Waals surface area contributed by atoms with E-state index in [4.69, 9.17) is 18.9 Å². The van der Waals surface area contributed by atoms with Gasteiger partial charge in [-0.15, -0.1) is 0 Å². The third-order valence-corrected chi connectivity index (χ3v) is 7.79. The van der Waals surface area contributed by atoms with Gasteiger partial charge in [0.25, 0.3) is 5.78 Å². The van der Waals surface area contributed by atoms with Crippen molar-refractivity contribution in [2.45, 2.75) is 20.3 Å². The number of fused-ring (bicyclic) bond motifs is 1. The highest BCUT2D eigenvalue weighted by atomic mass is 16.5. The molecular weight excluding hydrogens is 504 g/mol. The lowest BCUT2D eigenvalue weighted by Gasteiger charge is -2.27. The van der Waals surface area contributed by atoms with Crippen LogP contribution < -0.4 is 19.4 Å². The van der Waals surface area contributed by atoms with Crippen LogP contribution in [0.25, 0.3) is 43.5 Å². The summed E-state index contributed by atoms with van der Waals surface area (Å²) in [5, 5.41) is 25.6. The van der Waals surface area contributed by atoms with Crippen molar-refractivity contribution in [3.05, 3.63) is 39.8 Å². The van der Waals surface area contributed by atoms with Crippen LogP contribution in [0.1, 0.15) is 46.5 Å². The number of benzene rings is 4. The summed E-state index contributed by atoms with van der Waals surface area (Å²) in [5.41, 5.74) is 1.83. The topological polar surface area (TPSA) is 129 Å². The predicted molar refractivity (Wildman–Crippen MR) is 144 cm³/mol. The minimum absolute atomic E-state index is 0.0358. The Kier molecular flexibility index (Phi) is 5.10. The maximum Gasteiger partial charge on any atom is 0.268 e. The number of phenolic OH excluding ortho intramolecular Hbond substituents is 2. The van der Waals surface area contributed by atoms with Gasteiger partial charge in [-0.05, 0) is 37.1 Å². The molecule has 0 spiro atoms. The molecule has 0 radical (unpaired) electrons. The lowest BCUT2D eigenvalue weighted by Crippen LogP contribution is -2.23. The van der Waals surface area contributed by atoms with E-state index in [9.17, 15) is 24.6 Å². The zero-order valence-electron chi connectivity index (χ0n) is 22.1. The summed E-state index contributed by atoms with van der Waals surface area (Å²) < 4.78 is 22.4. The Hall–Kier alpha value is -4.79. The molecule has 9 heteroatoms. The van der Waals surface area contributed by atoms with Crippen LogP contribution in [0.5, 0.6) is 28.7 Å². The number of ether oxygens (including phenoxy) is 4. The van der Waals surface area contributed by atoms with Crippen molar-refractivity contribution in [1.29, 1.82) is 0 Å². The number of ketones is 3. The van der Waals surface area contributed by atoms with Gasteiger partial charge in [0, 0.05) is 44.1 Å². The van der Waals surface area contributed by atoms with E-state index in [0.29, 0.717) is 43.5 Å². The highest BCUT2D eigenvalue weighted by molar-refractivity contribution is 6.54. The second kappa shape index (κ2) is 8.10. The summed E-state index contributed by atoms with van der Waals surface area (Å²) in [7, 11) is 5.53. The maximum absolute atomic E-state index is 13.7. The van der Waals surface area contributed by atoms with Gasteiger partial charge in [0.2, 0.25) is 5.78 Å². The molecule has 2 aliphatic carbocycles. The van der Waals surface area contributed by atoms with Gasteiger partial charge in [0.05, 0.1) is 39.4 Å². The molecule has 6 rings (SSSR count). The lowest BCUT2D eigenvalue weighted by atomic mass is 9.78. The lowest BCUT2D eigenvalue weighted by molar-refractivity contribution is -0.114. The van der Waals surface area contributed by atoms with Crippen LogP contribution in [-0.4, -0.2) is 56.0 Å². The van der Waals surface area contributed by atoms with Crippen LogP contribution in [0.3, 0.4) is 0 Å². The number of hydrogen-bond acceptors (Lipinski definition) is 9. The van der Waals surface area contributed by atoms with E-state index >= 15 is 0 Å². The molecule has 198 valence electrons. The Morgan fingerprint density at radius 2 is 1.46 bits per heavy atom. The van der Waals surface area contributed by atoms with E-state index in [2.05, 4.69) is 0 Å². The van der Waals surface area contributed by atoms with Crippen molar-refractivity contribution in [3.8, 4) is 28.7 Å². The minimum atomic E-state index is -0.831. The first-order valence-corrected chi connectivity index (χ1v) is 12.1. The van der Waals surface area contributed by atoms with Gasteiger partial charge in [0.1, 0.15) is 17.2 Å². The van der Waals surface area contributed by atoms with Crippen LogP contribution in [0, 0.1) is 0 Å². The number of methoxy groups -OCH3 is 4. The molecule has 9 nitrogen and oxygen atoms in total. The van der Waals surface area contributed by atoms with Gasteiger partial charge >= 0.3 is 0 Å². The fraction of sp³-hybridized carbons (Fsp3) is 0.233. The highest BCUT2D eigenvalue weighted by Gasteiger charge is 2.39. The maximum atomic E-state index is 13.7. The molecule has 0 unspecified atom stereocenters. The fourth-order valence-corrected chi connectivity index (χ4v) is 6.37. The van der Waals surface area contributed by atoms with Crippen LogP contribution in [0.4, 0.5) is 0 Å². The van der Waals surface area contributed by atoms with Gasteiger partial charge < -0.3 is 29.2 Å². The summed E-state index contributed by atoms with van der Waals surface area (Å²) in [4.78, 5) is 40.2. The SMILES string of the molecule is COC1=C2CC(C)=c3c(C(C)=O)c(OC)c(O)c4c3c2c2c(cc(OC)c3c(OC)cc(O)c4c32)C(=O)C1=O. The molecule has 0 heterocycles. The average Bonchev–Trinajstić information content (AvgIpc) is 3.00. The molecule has 0 aliphatic heterocycles. The van der Waals surface area contributed by atoms with Crippen molar-refractivity contribution in [1.82, 2.24) is 0 Å². The number of Topliss-reactive ketones (excluding diaryl/α,β-unsaturated/α-hetero) is 3. The standard InChI is InChI=1S/C30H24O9/c1-10-7-13-20-19-12(26(33)28(35)29(13)38-5)8-15(36-3)22-16(37-4)9-14(32)21(24(19)22)25-23(20)17(10)18(11(2)31)30(39-6)27(25)34/h8-9,32,34H,7H2,1-6H3. The summed E-state index contributed by atoms with van der Waals surface area (Å²) >= 11 is 0. The molecule has 0 saturated heterocycles. The molecule has 0 fully saturated rings. The molecule has 0 saturated carbocycles. The normalized spacial score (nSPS) is 14.6. The second-order valence-corrected chi connectivity index (χ2v) is 9.66. The van der Waals surface area contributed by atoms with Gasteiger partial charge in [-0.25, -0.2) is 0 Å². The quantitative estimate of drug-likeness (QED) is 0.169. The van der Waals surface area contributed by atoms with Crippen LogP contribution in [-0.2, 0) is 9.53 Å². The smallest absolute Gasteiger partial charge is 0.268 e. The Labute approximate surface area is 221 Å². The van der Waals surface area contributed by atoms with Crippen molar-refractivity contribution in [3.63, 3.8) is 0 Å². The summed E-state index contributed by atoms with van der Waals surface area (Å²) in [6.07, 6.45) is 0.191. The minimum Gasteiger partial charge on any atom is -0.507 e. The Morgan fingerprint density at radius 3 is 2.05 bits per heavy atom. The summed E-state index contributed by atoms with van der Waals surface area (Å²) in [5.74, 6) is -2.24. The average molecular weight is 529 g/mol. The van der Waals surface area contributed by atoms with Crippen LogP contribution in [0.15, 0.2) is 17.9 Å². The number of carbonyl (C=O) groups excluding carboxylic acids is 3. The molecule has 0 bridgehead atoms. The molecule has 0 amide bonds. The molecule has 2 N–H and O–H groups in total. The number of allylic oxidation sites excluding steroid dienone is 2. The fourth-order valence-electron chi connectivity index (χ4n) is 6.37. The number of aromatic hydroxyl groups is 2.